The lowest BCUT2D eigenvalue weighted by atomic mass is 10.2. The third-order valence-corrected chi connectivity index (χ3v) is 4.42. The second-order valence-corrected chi connectivity index (χ2v) is 6.23. The van der Waals surface area contributed by atoms with Crippen LogP contribution >= 0.6 is 0 Å². The van der Waals surface area contributed by atoms with Crippen LogP contribution in [0.3, 0.4) is 0 Å². The molecule has 2 fully saturated rings. The topological polar surface area (TPSA) is 31.4 Å². The van der Waals surface area contributed by atoms with Crippen molar-refractivity contribution in [3.63, 3.8) is 0 Å². The number of likely N-dealkylation sites (tertiary alicyclic amines) is 1. The zero-order valence-corrected chi connectivity index (χ0v) is 12.8. The Bertz CT molecular complexity index is 469. The van der Waals surface area contributed by atoms with Crippen molar-refractivity contribution >= 4 is 5.82 Å². The van der Waals surface area contributed by atoms with Crippen LogP contribution in [-0.4, -0.2) is 49.2 Å². The first-order chi connectivity index (χ1) is 10.2. The van der Waals surface area contributed by atoms with E-state index in [9.17, 15) is 4.39 Å². The van der Waals surface area contributed by atoms with Gasteiger partial charge in [-0.25, -0.2) is 9.37 Å². The molecule has 1 N–H and O–H groups in total. The summed E-state index contributed by atoms with van der Waals surface area (Å²) in [5.74, 6) is 0.305. The molecular weight excluding hydrogens is 267 g/mol. The Hall–Kier alpha value is -1.20. The fourth-order valence-corrected chi connectivity index (χ4v) is 2.82. The highest BCUT2D eigenvalue weighted by Gasteiger charge is 2.21. The van der Waals surface area contributed by atoms with Crippen molar-refractivity contribution in [2.45, 2.75) is 38.3 Å². The van der Waals surface area contributed by atoms with Crippen LogP contribution in [0.2, 0.25) is 0 Å². The van der Waals surface area contributed by atoms with Crippen LogP contribution in [0.25, 0.3) is 0 Å². The van der Waals surface area contributed by atoms with E-state index >= 15 is 0 Å². The number of hydrogen-bond donors (Lipinski definition) is 1. The molecule has 0 unspecified atom stereocenters. The minimum Gasteiger partial charge on any atom is -0.356 e. The largest absolute Gasteiger partial charge is 0.356 e. The summed E-state index contributed by atoms with van der Waals surface area (Å²) in [6.07, 6.45) is 6.73. The first-order valence-electron chi connectivity index (χ1n) is 8.04. The van der Waals surface area contributed by atoms with E-state index in [1.54, 1.807) is 12.3 Å². The van der Waals surface area contributed by atoms with Crippen molar-refractivity contribution in [1.82, 2.24) is 15.2 Å². The minimum absolute atomic E-state index is 0.172. The van der Waals surface area contributed by atoms with Crippen molar-refractivity contribution in [3.8, 4) is 0 Å². The van der Waals surface area contributed by atoms with E-state index in [4.69, 9.17) is 0 Å². The molecule has 4 nitrogen and oxygen atoms in total. The average molecular weight is 292 g/mol. The Balaban J connectivity index is 1.58. The number of rotatable bonds is 7. The molecule has 0 atom stereocenters. The van der Waals surface area contributed by atoms with Crippen LogP contribution in [0, 0.1) is 5.82 Å². The molecule has 0 aromatic carbocycles. The highest BCUT2D eigenvalue weighted by atomic mass is 19.1. The maximum Gasteiger partial charge on any atom is 0.170 e. The highest BCUT2D eigenvalue weighted by molar-refractivity contribution is 5.42. The van der Waals surface area contributed by atoms with Gasteiger partial charge in [-0.1, -0.05) is 0 Å². The van der Waals surface area contributed by atoms with Gasteiger partial charge in [0.15, 0.2) is 11.6 Å². The van der Waals surface area contributed by atoms with Gasteiger partial charge in [0.1, 0.15) is 0 Å². The lowest BCUT2D eigenvalue weighted by molar-refractivity contribution is 0.346. The van der Waals surface area contributed by atoms with E-state index in [-0.39, 0.29) is 5.82 Å². The second-order valence-electron chi connectivity index (χ2n) is 6.23. The van der Waals surface area contributed by atoms with E-state index in [0.717, 1.165) is 18.7 Å². The summed E-state index contributed by atoms with van der Waals surface area (Å²) in [7, 11) is 1.93. The predicted octanol–water partition coefficient (Wildman–Crippen LogP) is 2.00. The van der Waals surface area contributed by atoms with E-state index < -0.39 is 0 Å². The Morgan fingerprint density at radius 3 is 2.86 bits per heavy atom. The number of nitrogens with zero attached hydrogens (tertiary/aromatic N) is 3. The van der Waals surface area contributed by atoms with Gasteiger partial charge in [-0.15, -0.1) is 0 Å². The van der Waals surface area contributed by atoms with Crippen molar-refractivity contribution in [1.29, 1.82) is 0 Å². The summed E-state index contributed by atoms with van der Waals surface area (Å²) in [5, 5.41) is 3.36. The van der Waals surface area contributed by atoms with Gasteiger partial charge in [-0.2, -0.15) is 0 Å². The fourth-order valence-electron chi connectivity index (χ4n) is 2.82. The number of halogens is 1. The summed E-state index contributed by atoms with van der Waals surface area (Å²) in [5.41, 5.74) is 0.722. The fraction of sp³-hybridized carbons (Fsp3) is 0.688. The van der Waals surface area contributed by atoms with Crippen LogP contribution < -0.4 is 10.2 Å². The summed E-state index contributed by atoms with van der Waals surface area (Å²) >= 11 is 0. The summed E-state index contributed by atoms with van der Waals surface area (Å²) in [6.45, 7) is 4.77. The standard InChI is InChI=1S/C16H25FN4/c1-20(10-11-21-8-2-3-9-21)16-15(17)13(6-7-18-16)12-19-14-4-5-14/h6-7,14,19H,2-5,8-12H2,1H3. The smallest absolute Gasteiger partial charge is 0.170 e. The Kier molecular flexibility index (Phi) is 4.70. The lowest BCUT2D eigenvalue weighted by Gasteiger charge is -2.23. The molecule has 21 heavy (non-hydrogen) atoms. The third kappa shape index (κ3) is 3.92. The maximum atomic E-state index is 14.5. The van der Waals surface area contributed by atoms with Crippen molar-refractivity contribution in [2.75, 3.05) is 38.1 Å². The molecule has 1 saturated carbocycles. The molecule has 116 valence electrons. The number of hydrogen-bond acceptors (Lipinski definition) is 4. The van der Waals surface area contributed by atoms with Crippen LogP contribution in [0.5, 0.6) is 0 Å². The second kappa shape index (κ2) is 6.71. The maximum absolute atomic E-state index is 14.5. The number of anilines is 1. The molecule has 0 amide bonds. The highest BCUT2D eigenvalue weighted by Crippen LogP contribution is 2.22. The van der Waals surface area contributed by atoms with Gasteiger partial charge in [0, 0.05) is 44.5 Å². The molecule has 1 saturated heterocycles. The van der Waals surface area contributed by atoms with Gasteiger partial charge < -0.3 is 15.1 Å². The van der Waals surface area contributed by atoms with Gasteiger partial charge in [-0.3, -0.25) is 0 Å². The summed E-state index contributed by atoms with van der Waals surface area (Å²) in [4.78, 5) is 8.61. The predicted molar refractivity (Wildman–Crippen MR) is 83.0 cm³/mol. The molecular formula is C16H25FN4. The number of aromatic nitrogens is 1. The summed E-state index contributed by atoms with van der Waals surface area (Å²) in [6, 6.07) is 2.37. The van der Waals surface area contributed by atoms with Gasteiger partial charge >= 0.3 is 0 Å². The molecule has 1 aliphatic heterocycles. The third-order valence-electron chi connectivity index (χ3n) is 4.42. The van der Waals surface area contributed by atoms with Gasteiger partial charge in [0.25, 0.3) is 0 Å². The number of likely N-dealkylation sites (N-methyl/N-ethyl adjacent to an activating group) is 1. The molecule has 0 radical (unpaired) electrons. The van der Waals surface area contributed by atoms with Gasteiger partial charge in [-0.05, 0) is 44.8 Å². The zero-order valence-electron chi connectivity index (χ0n) is 12.8. The normalized spacial score (nSPS) is 19.1. The summed E-state index contributed by atoms with van der Waals surface area (Å²) < 4.78 is 14.5. The molecule has 3 rings (SSSR count). The van der Waals surface area contributed by atoms with Gasteiger partial charge in [0.05, 0.1) is 0 Å². The van der Waals surface area contributed by atoms with Gasteiger partial charge in [0.2, 0.25) is 0 Å². The van der Waals surface area contributed by atoms with Crippen molar-refractivity contribution in [2.24, 2.45) is 0 Å². The van der Waals surface area contributed by atoms with E-state index in [0.29, 0.717) is 18.4 Å². The van der Waals surface area contributed by atoms with Crippen LogP contribution in [0.15, 0.2) is 12.3 Å². The molecule has 5 heteroatoms. The molecule has 1 aromatic heterocycles. The van der Waals surface area contributed by atoms with Crippen LogP contribution in [0.4, 0.5) is 10.2 Å². The van der Waals surface area contributed by atoms with Crippen molar-refractivity contribution in [3.05, 3.63) is 23.6 Å². The first kappa shape index (κ1) is 14.7. The molecule has 2 heterocycles. The molecule has 0 spiro atoms. The average Bonchev–Trinajstić information content (AvgIpc) is 3.17. The Morgan fingerprint density at radius 2 is 2.14 bits per heavy atom. The molecule has 1 aromatic rings. The number of nitrogens with one attached hydrogen (secondary N) is 1. The lowest BCUT2D eigenvalue weighted by Crippen LogP contribution is -2.32. The van der Waals surface area contributed by atoms with E-state index in [1.807, 2.05) is 11.9 Å². The monoisotopic (exact) mass is 292 g/mol. The Morgan fingerprint density at radius 1 is 1.38 bits per heavy atom. The van der Waals surface area contributed by atoms with Crippen LogP contribution in [0.1, 0.15) is 31.2 Å². The zero-order chi connectivity index (χ0) is 14.7. The van der Waals surface area contributed by atoms with E-state index in [2.05, 4.69) is 15.2 Å². The quantitative estimate of drug-likeness (QED) is 0.833. The van der Waals surface area contributed by atoms with Crippen LogP contribution in [-0.2, 0) is 6.54 Å². The molecule has 0 bridgehead atoms. The number of pyridine rings is 1. The molecule has 2 aliphatic rings. The minimum atomic E-state index is -0.172. The first-order valence-corrected chi connectivity index (χ1v) is 8.04. The van der Waals surface area contributed by atoms with Crippen molar-refractivity contribution < 1.29 is 4.39 Å². The SMILES string of the molecule is CN(CCN1CCCC1)c1nccc(CNC2CC2)c1F. The molecule has 1 aliphatic carbocycles. The van der Waals surface area contributed by atoms with E-state index in [1.165, 1.54) is 38.8 Å². The Labute approximate surface area is 126 Å².